The lowest BCUT2D eigenvalue weighted by Crippen LogP contribution is -2.28. The van der Waals surface area contributed by atoms with Gasteiger partial charge in [0.25, 0.3) is 5.91 Å². The molecule has 0 bridgehead atoms. The lowest BCUT2D eigenvalue weighted by Gasteiger charge is -2.18. The van der Waals surface area contributed by atoms with Crippen molar-refractivity contribution < 1.29 is 9.21 Å². The average Bonchev–Trinajstić information content (AvgIpc) is 3.19. The molecule has 0 spiro atoms. The Balaban J connectivity index is 1.65. The van der Waals surface area contributed by atoms with Gasteiger partial charge in [-0.1, -0.05) is 42.3 Å². The number of rotatable bonds is 4. The number of hydrogen-bond acceptors (Lipinski definition) is 6. The zero-order valence-electron chi connectivity index (χ0n) is 18.1. The van der Waals surface area contributed by atoms with E-state index < -0.39 is 11.9 Å². The van der Waals surface area contributed by atoms with Crippen LogP contribution in [0.15, 0.2) is 76.2 Å². The van der Waals surface area contributed by atoms with Gasteiger partial charge in [-0.3, -0.25) is 9.59 Å². The fourth-order valence-electron chi connectivity index (χ4n) is 4.02. The molecule has 0 saturated heterocycles. The van der Waals surface area contributed by atoms with Gasteiger partial charge in [0.1, 0.15) is 16.9 Å². The SMILES string of the molecule is C#Cc1cccc2oc([C@@H](C)NC(=O)c3c(N)nn4cccnc34)c(-c3ccccc3)c(=O)c12. The van der Waals surface area contributed by atoms with E-state index in [1.165, 1.54) is 4.52 Å². The summed E-state index contributed by atoms with van der Waals surface area (Å²) in [5.74, 6) is 2.41. The number of benzene rings is 2. The molecule has 0 aliphatic carbocycles. The van der Waals surface area contributed by atoms with Crippen LogP contribution in [0.3, 0.4) is 0 Å². The number of nitrogens with two attached hydrogens (primary N) is 1. The molecular weight excluding hydrogens is 430 g/mol. The number of hydrogen-bond donors (Lipinski definition) is 2. The van der Waals surface area contributed by atoms with Crippen molar-refractivity contribution in [3.63, 3.8) is 0 Å². The molecule has 2 aromatic carbocycles. The van der Waals surface area contributed by atoms with Gasteiger partial charge in [-0.25, -0.2) is 9.50 Å². The molecular formula is C26H19N5O3. The zero-order valence-corrected chi connectivity index (χ0v) is 18.1. The highest BCUT2D eigenvalue weighted by molar-refractivity contribution is 6.04. The molecule has 5 rings (SSSR count). The van der Waals surface area contributed by atoms with E-state index in [1.807, 2.05) is 30.3 Å². The van der Waals surface area contributed by atoms with E-state index >= 15 is 0 Å². The molecule has 5 aromatic rings. The molecule has 8 nitrogen and oxygen atoms in total. The number of anilines is 1. The van der Waals surface area contributed by atoms with Gasteiger partial charge in [0.15, 0.2) is 11.5 Å². The van der Waals surface area contributed by atoms with Gasteiger partial charge in [0, 0.05) is 18.0 Å². The second-order valence-electron chi connectivity index (χ2n) is 7.70. The standard InChI is InChI=1S/C26H19N5O3/c1-3-16-11-7-12-18-19(16)22(32)20(17-9-5-4-6-10-17)23(34-18)15(2)29-26(33)21-24(27)30-31-14-8-13-28-25(21)31/h1,4-15H,2H3,(H2,27,30)(H,29,33)/t15-/m1/s1. The third kappa shape index (κ3) is 3.36. The van der Waals surface area contributed by atoms with Crippen LogP contribution >= 0.6 is 0 Å². The van der Waals surface area contributed by atoms with E-state index in [1.54, 1.807) is 43.6 Å². The maximum absolute atomic E-state index is 13.7. The van der Waals surface area contributed by atoms with Crippen molar-refractivity contribution in [3.05, 3.63) is 94.1 Å². The molecule has 0 radical (unpaired) electrons. The van der Waals surface area contributed by atoms with Crippen LogP contribution in [-0.4, -0.2) is 20.5 Å². The van der Waals surface area contributed by atoms with E-state index in [0.29, 0.717) is 39.1 Å². The summed E-state index contributed by atoms with van der Waals surface area (Å²) in [7, 11) is 0. The van der Waals surface area contributed by atoms with Gasteiger partial charge in [-0.15, -0.1) is 11.5 Å². The Morgan fingerprint density at radius 1 is 1.18 bits per heavy atom. The predicted molar refractivity (Wildman–Crippen MR) is 129 cm³/mol. The van der Waals surface area contributed by atoms with Crippen LogP contribution in [0.1, 0.15) is 34.6 Å². The van der Waals surface area contributed by atoms with E-state index in [9.17, 15) is 9.59 Å². The lowest BCUT2D eigenvalue weighted by atomic mass is 9.97. The molecule has 0 fully saturated rings. The first kappa shape index (κ1) is 21.0. The van der Waals surface area contributed by atoms with Gasteiger partial charge >= 0.3 is 0 Å². The number of terminal acetylenes is 1. The Hall–Kier alpha value is -4.90. The summed E-state index contributed by atoms with van der Waals surface area (Å²) in [4.78, 5) is 31.1. The van der Waals surface area contributed by atoms with Gasteiger partial charge in [0.2, 0.25) is 5.43 Å². The maximum Gasteiger partial charge on any atom is 0.259 e. The summed E-state index contributed by atoms with van der Waals surface area (Å²) in [6, 6.07) is 15.2. The largest absolute Gasteiger partial charge is 0.458 e. The smallest absolute Gasteiger partial charge is 0.259 e. The molecule has 34 heavy (non-hydrogen) atoms. The van der Waals surface area contributed by atoms with Crippen molar-refractivity contribution in [1.82, 2.24) is 19.9 Å². The minimum absolute atomic E-state index is 0.0466. The van der Waals surface area contributed by atoms with Gasteiger partial charge in [-0.05, 0) is 30.7 Å². The van der Waals surface area contributed by atoms with Gasteiger partial charge < -0.3 is 15.5 Å². The van der Waals surface area contributed by atoms with E-state index in [-0.39, 0.29) is 16.8 Å². The number of carbonyl (C=O) groups excluding carboxylic acids is 1. The minimum Gasteiger partial charge on any atom is -0.458 e. The number of amides is 1. The molecule has 8 heteroatoms. The van der Waals surface area contributed by atoms with Crippen LogP contribution in [-0.2, 0) is 0 Å². The third-order valence-electron chi connectivity index (χ3n) is 5.55. The first-order valence-electron chi connectivity index (χ1n) is 10.5. The molecule has 1 amide bonds. The van der Waals surface area contributed by atoms with Crippen LogP contribution in [0.2, 0.25) is 0 Å². The fraction of sp³-hybridized carbons (Fsp3) is 0.0769. The van der Waals surface area contributed by atoms with Crippen LogP contribution in [0, 0.1) is 12.3 Å². The molecule has 0 unspecified atom stereocenters. The van der Waals surface area contributed by atoms with Crippen molar-refractivity contribution in [2.45, 2.75) is 13.0 Å². The van der Waals surface area contributed by atoms with Crippen LogP contribution in [0.5, 0.6) is 0 Å². The second-order valence-corrected chi connectivity index (χ2v) is 7.70. The highest BCUT2D eigenvalue weighted by atomic mass is 16.3. The highest BCUT2D eigenvalue weighted by Crippen LogP contribution is 2.30. The normalized spacial score (nSPS) is 11.9. The van der Waals surface area contributed by atoms with Crippen molar-refractivity contribution in [3.8, 4) is 23.5 Å². The van der Waals surface area contributed by atoms with Crippen LogP contribution < -0.4 is 16.5 Å². The van der Waals surface area contributed by atoms with Crippen molar-refractivity contribution >= 4 is 28.3 Å². The lowest BCUT2D eigenvalue weighted by molar-refractivity contribution is 0.0938. The van der Waals surface area contributed by atoms with Crippen LogP contribution in [0.25, 0.3) is 27.7 Å². The van der Waals surface area contributed by atoms with E-state index in [0.717, 1.165) is 0 Å². The Morgan fingerprint density at radius 3 is 2.74 bits per heavy atom. The Kier molecular flexibility index (Phi) is 5.07. The molecule has 3 heterocycles. The predicted octanol–water partition coefficient (Wildman–Crippen LogP) is 3.56. The molecule has 166 valence electrons. The topological polar surface area (TPSA) is 116 Å². The number of nitrogen functional groups attached to an aromatic ring is 1. The second kappa shape index (κ2) is 8.22. The van der Waals surface area contributed by atoms with E-state index in [2.05, 4.69) is 21.3 Å². The van der Waals surface area contributed by atoms with Crippen molar-refractivity contribution in [2.24, 2.45) is 0 Å². The first-order chi connectivity index (χ1) is 16.5. The summed E-state index contributed by atoms with van der Waals surface area (Å²) >= 11 is 0. The first-order valence-corrected chi connectivity index (χ1v) is 10.5. The van der Waals surface area contributed by atoms with Crippen LogP contribution in [0.4, 0.5) is 5.82 Å². The number of carbonyl (C=O) groups is 1. The zero-order chi connectivity index (χ0) is 23.8. The Labute approximate surface area is 194 Å². The number of nitrogens with zero attached hydrogens (tertiary/aromatic N) is 3. The number of nitrogens with one attached hydrogen (secondary N) is 1. The van der Waals surface area contributed by atoms with Crippen molar-refractivity contribution in [1.29, 1.82) is 0 Å². The van der Waals surface area contributed by atoms with Gasteiger partial charge in [0.05, 0.1) is 17.0 Å². The maximum atomic E-state index is 13.7. The number of aromatic nitrogens is 3. The Morgan fingerprint density at radius 2 is 1.97 bits per heavy atom. The monoisotopic (exact) mass is 449 g/mol. The summed E-state index contributed by atoms with van der Waals surface area (Å²) in [5, 5.41) is 7.33. The molecule has 3 aromatic heterocycles. The molecule has 0 aliphatic heterocycles. The quantitative estimate of drug-likeness (QED) is 0.406. The minimum atomic E-state index is -0.688. The summed E-state index contributed by atoms with van der Waals surface area (Å²) < 4.78 is 7.62. The molecule has 0 aliphatic rings. The summed E-state index contributed by atoms with van der Waals surface area (Å²) in [6.45, 7) is 1.73. The molecule has 1 atom stereocenters. The summed E-state index contributed by atoms with van der Waals surface area (Å²) in [6.07, 6.45) is 8.84. The highest BCUT2D eigenvalue weighted by Gasteiger charge is 2.26. The van der Waals surface area contributed by atoms with Gasteiger partial charge in [-0.2, -0.15) is 0 Å². The molecule has 0 saturated carbocycles. The summed E-state index contributed by atoms with van der Waals surface area (Å²) in [5.41, 5.74) is 7.96. The molecule has 3 N–H and O–H groups in total. The number of fused-ring (bicyclic) bond motifs is 2. The Bertz CT molecular complexity index is 1660. The van der Waals surface area contributed by atoms with Crippen molar-refractivity contribution in [2.75, 3.05) is 5.73 Å². The van der Waals surface area contributed by atoms with E-state index in [4.69, 9.17) is 16.6 Å². The third-order valence-corrected chi connectivity index (χ3v) is 5.55. The average molecular weight is 449 g/mol. The fourth-order valence-corrected chi connectivity index (χ4v) is 4.02.